The first-order chi connectivity index (χ1) is 9.88. The second kappa shape index (κ2) is 5.43. The first-order valence-corrected chi connectivity index (χ1v) is 6.25. The van der Waals surface area contributed by atoms with Gasteiger partial charge in [-0.3, -0.25) is 10.1 Å². The highest BCUT2D eigenvalue weighted by atomic mass is 19.1. The molecule has 0 fully saturated rings. The lowest BCUT2D eigenvalue weighted by molar-refractivity contribution is -0.131. The summed E-state index contributed by atoms with van der Waals surface area (Å²) in [5.41, 5.74) is -1.39. The Labute approximate surface area is 120 Å². The molecule has 1 unspecified atom stereocenters. The summed E-state index contributed by atoms with van der Waals surface area (Å²) in [6, 6.07) is 5.25. The van der Waals surface area contributed by atoms with Crippen LogP contribution in [0.5, 0.6) is 0 Å². The highest BCUT2D eigenvalue weighted by Crippen LogP contribution is 2.37. The van der Waals surface area contributed by atoms with Gasteiger partial charge >= 0.3 is 6.09 Å². The number of alkyl carbamates (subject to hydrolysis) is 1. The smallest absolute Gasteiger partial charge is 0.414 e. The van der Waals surface area contributed by atoms with Crippen LogP contribution in [0.3, 0.4) is 0 Å². The fourth-order valence-corrected chi connectivity index (χ4v) is 1.95. The van der Waals surface area contributed by atoms with Crippen LogP contribution in [0.25, 0.3) is 0 Å². The molecule has 7 heteroatoms. The summed E-state index contributed by atoms with van der Waals surface area (Å²) in [6.45, 7) is 3.10. The maximum Gasteiger partial charge on any atom is 0.414 e. The number of benzene rings is 1. The van der Waals surface area contributed by atoms with Crippen LogP contribution in [0.15, 0.2) is 35.9 Å². The number of Topliss-reactive ketones (excluding diaryl/α,β-unsaturated/α-hetero) is 1. The van der Waals surface area contributed by atoms with E-state index in [1.165, 1.54) is 25.1 Å². The van der Waals surface area contributed by atoms with E-state index in [4.69, 9.17) is 4.74 Å². The Hall–Kier alpha value is -2.57. The summed E-state index contributed by atoms with van der Waals surface area (Å²) < 4.78 is 23.3. The van der Waals surface area contributed by atoms with E-state index in [2.05, 4.69) is 10.1 Å². The summed E-state index contributed by atoms with van der Waals surface area (Å²) in [6.07, 6.45) is -0.865. The standard InChI is InChI=1S/C14H14FNO5/c1-3-20-13(19)16-12-10(17)11(18)14(2,21-12)8-5-4-6-9(15)7-8/h4-7,17H,3H2,1-2H3,(H,16,19). The number of carbonyl (C=O) groups is 2. The highest BCUT2D eigenvalue weighted by molar-refractivity contribution is 6.03. The second-order valence-electron chi connectivity index (χ2n) is 4.50. The minimum atomic E-state index is -1.61. The molecule has 0 aliphatic carbocycles. The average molecular weight is 295 g/mol. The van der Waals surface area contributed by atoms with E-state index in [1.54, 1.807) is 6.92 Å². The van der Waals surface area contributed by atoms with Gasteiger partial charge in [0.1, 0.15) is 5.82 Å². The number of aliphatic hydroxyl groups excluding tert-OH is 1. The van der Waals surface area contributed by atoms with E-state index in [0.717, 1.165) is 6.07 Å². The summed E-state index contributed by atoms with van der Waals surface area (Å²) in [7, 11) is 0. The van der Waals surface area contributed by atoms with Crippen molar-refractivity contribution >= 4 is 11.9 Å². The molecule has 112 valence electrons. The molecule has 1 aliphatic heterocycles. The molecule has 1 aromatic rings. The minimum Gasteiger partial charge on any atom is -0.501 e. The van der Waals surface area contributed by atoms with Crippen LogP contribution in [0.1, 0.15) is 19.4 Å². The lowest BCUT2D eigenvalue weighted by Gasteiger charge is -2.23. The van der Waals surface area contributed by atoms with E-state index in [-0.39, 0.29) is 12.2 Å². The third-order valence-electron chi connectivity index (χ3n) is 3.04. The lowest BCUT2D eigenvalue weighted by atomic mass is 9.91. The average Bonchev–Trinajstić information content (AvgIpc) is 2.65. The number of hydrogen-bond donors (Lipinski definition) is 2. The third-order valence-corrected chi connectivity index (χ3v) is 3.04. The first kappa shape index (κ1) is 14.8. The van der Waals surface area contributed by atoms with Crippen LogP contribution < -0.4 is 5.32 Å². The van der Waals surface area contributed by atoms with Gasteiger partial charge in [0.25, 0.3) is 5.78 Å². The molecule has 1 aromatic carbocycles. The quantitative estimate of drug-likeness (QED) is 0.892. The third kappa shape index (κ3) is 2.67. The molecule has 0 saturated carbocycles. The largest absolute Gasteiger partial charge is 0.501 e. The summed E-state index contributed by atoms with van der Waals surface area (Å²) in [4.78, 5) is 23.5. The molecule has 6 nitrogen and oxygen atoms in total. The molecule has 0 spiro atoms. The second-order valence-corrected chi connectivity index (χ2v) is 4.50. The number of ketones is 1. The molecule has 2 rings (SSSR count). The van der Waals surface area contributed by atoms with Gasteiger partial charge in [-0.15, -0.1) is 0 Å². The molecule has 0 saturated heterocycles. The Morgan fingerprint density at radius 3 is 2.86 bits per heavy atom. The number of nitrogens with one attached hydrogen (secondary N) is 1. The Kier molecular flexibility index (Phi) is 3.84. The fourth-order valence-electron chi connectivity index (χ4n) is 1.95. The Morgan fingerprint density at radius 2 is 2.24 bits per heavy atom. The molecule has 2 N–H and O–H groups in total. The van der Waals surface area contributed by atoms with E-state index >= 15 is 0 Å². The summed E-state index contributed by atoms with van der Waals surface area (Å²) in [5, 5.41) is 11.9. The monoisotopic (exact) mass is 295 g/mol. The number of hydrogen-bond acceptors (Lipinski definition) is 5. The van der Waals surface area contributed by atoms with Crippen LogP contribution in [0.2, 0.25) is 0 Å². The van der Waals surface area contributed by atoms with Crippen LogP contribution in [-0.4, -0.2) is 23.6 Å². The van der Waals surface area contributed by atoms with Gasteiger partial charge in [0.15, 0.2) is 5.60 Å². The topological polar surface area (TPSA) is 84.9 Å². The maximum atomic E-state index is 13.3. The summed E-state index contributed by atoms with van der Waals surface area (Å²) >= 11 is 0. The first-order valence-electron chi connectivity index (χ1n) is 6.25. The van der Waals surface area contributed by atoms with Crippen LogP contribution in [0.4, 0.5) is 9.18 Å². The van der Waals surface area contributed by atoms with Gasteiger partial charge in [-0.25, -0.2) is 9.18 Å². The van der Waals surface area contributed by atoms with Crippen LogP contribution in [-0.2, 0) is 19.9 Å². The van der Waals surface area contributed by atoms with Gasteiger partial charge in [0.05, 0.1) is 6.61 Å². The van der Waals surface area contributed by atoms with Crippen molar-refractivity contribution in [2.45, 2.75) is 19.4 Å². The van der Waals surface area contributed by atoms with Crippen molar-refractivity contribution in [3.8, 4) is 0 Å². The van der Waals surface area contributed by atoms with Gasteiger partial charge in [0.2, 0.25) is 11.6 Å². The summed E-state index contributed by atoms with van der Waals surface area (Å²) in [5.74, 6) is -2.48. The number of amides is 1. The molecule has 1 aliphatic rings. The zero-order valence-electron chi connectivity index (χ0n) is 11.5. The van der Waals surface area contributed by atoms with Gasteiger partial charge < -0.3 is 14.6 Å². The van der Waals surface area contributed by atoms with E-state index in [9.17, 15) is 19.1 Å². The SMILES string of the molecule is CCOC(=O)NC1=C(O)C(=O)C(C)(c2cccc(F)c2)O1. The molecule has 0 radical (unpaired) electrons. The van der Waals surface area contributed by atoms with Gasteiger partial charge in [0, 0.05) is 5.56 Å². The lowest BCUT2D eigenvalue weighted by Crippen LogP contribution is -2.32. The number of rotatable bonds is 3. The van der Waals surface area contributed by atoms with Crippen LogP contribution in [0, 0.1) is 5.82 Å². The van der Waals surface area contributed by atoms with Crippen molar-refractivity contribution < 1.29 is 28.6 Å². The number of aliphatic hydroxyl groups is 1. The molecule has 0 bridgehead atoms. The maximum absolute atomic E-state index is 13.3. The van der Waals surface area contributed by atoms with Crippen molar-refractivity contribution in [1.29, 1.82) is 0 Å². The van der Waals surface area contributed by atoms with Gasteiger partial charge in [-0.2, -0.15) is 0 Å². The highest BCUT2D eigenvalue weighted by Gasteiger charge is 2.48. The van der Waals surface area contributed by atoms with E-state index in [1.807, 2.05) is 0 Å². The van der Waals surface area contributed by atoms with Gasteiger partial charge in [-0.05, 0) is 26.0 Å². The minimum absolute atomic E-state index is 0.120. The molecule has 0 aromatic heterocycles. The normalized spacial score (nSPS) is 21.2. The number of carbonyl (C=O) groups excluding carboxylic acids is 2. The Morgan fingerprint density at radius 1 is 1.52 bits per heavy atom. The Balaban J connectivity index is 2.27. The zero-order valence-corrected chi connectivity index (χ0v) is 11.5. The van der Waals surface area contributed by atoms with E-state index < -0.39 is 34.9 Å². The molecular formula is C14H14FNO5. The molecule has 1 atom stereocenters. The van der Waals surface area contributed by atoms with E-state index in [0.29, 0.717) is 0 Å². The van der Waals surface area contributed by atoms with Crippen molar-refractivity contribution in [2.75, 3.05) is 6.61 Å². The number of halogens is 1. The predicted octanol–water partition coefficient (Wildman–Crippen LogP) is 2.11. The fraction of sp³-hybridized carbons (Fsp3) is 0.286. The van der Waals surface area contributed by atoms with Crippen LogP contribution >= 0.6 is 0 Å². The van der Waals surface area contributed by atoms with Crippen molar-refractivity contribution in [2.24, 2.45) is 0 Å². The zero-order chi connectivity index (χ0) is 15.6. The molecule has 21 heavy (non-hydrogen) atoms. The van der Waals surface area contributed by atoms with Crippen molar-refractivity contribution in [1.82, 2.24) is 5.32 Å². The Bertz CT molecular complexity index is 628. The number of ether oxygens (including phenoxy) is 2. The predicted molar refractivity (Wildman–Crippen MR) is 69.7 cm³/mol. The van der Waals surface area contributed by atoms with Crippen molar-refractivity contribution in [3.05, 3.63) is 47.3 Å². The van der Waals surface area contributed by atoms with Gasteiger partial charge in [-0.1, -0.05) is 12.1 Å². The molecular weight excluding hydrogens is 281 g/mol. The van der Waals surface area contributed by atoms with Crippen molar-refractivity contribution in [3.63, 3.8) is 0 Å². The molecule has 1 amide bonds. The molecule has 1 heterocycles.